The van der Waals surface area contributed by atoms with Crippen LogP contribution in [0.25, 0.3) is 11.0 Å². The normalized spacial score (nSPS) is 12.5. The number of aromatic amines is 1. The van der Waals surface area contributed by atoms with E-state index in [1.54, 1.807) is 13.2 Å². The van der Waals surface area contributed by atoms with Gasteiger partial charge in [0.25, 0.3) is 0 Å². The molecule has 0 radical (unpaired) electrons. The summed E-state index contributed by atoms with van der Waals surface area (Å²) in [6.45, 7) is 2.85. The van der Waals surface area contributed by atoms with Crippen LogP contribution >= 0.6 is 0 Å². The molecule has 17 heavy (non-hydrogen) atoms. The minimum Gasteiger partial charge on any atom is -0.384 e. The fourth-order valence-electron chi connectivity index (χ4n) is 1.90. The first-order valence-electron chi connectivity index (χ1n) is 5.60. The predicted molar refractivity (Wildman–Crippen MR) is 65.6 cm³/mol. The van der Waals surface area contributed by atoms with E-state index in [-0.39, 0.29) is 0 Å². The Morgan fingerprint density at radius 1 is 1.53 bits per heavy atom. The van der Waals surface area contributed by atoms with Crippen molar-refractivity contribution < 1.29 is 4.74 Å². The van der Waals surface area contributed by atoms with E-state index in [9.17, 15) is 0 Å². The molecule has 2 rings (SSSR count). The Morgan fingerprint density at radius 2 is 2.35 bits per heavy atom. The number of nitrogens with zero attached hydrogens (tertiary/aromatic N) is 2. The number of methoxy groups -OCH3 is 1. The monoisotopic (exact) mass is 229 g/mol. The summed E-state index contributed by atoms with van der Waals surface area (Å²) in [5.74, 6) is 1.37. The number of nitriles is 1. The van der Waals surface area contributed by atoms with Gasteiger partial charge in [0.05, 0.1) is 22.7 Å². The highest BCUT2D eigenvalue weighted by atomic mass is 16.5. The fourth-order valence-corrected chi connectivity index (χ4v) is 1.90. The zero-order valence-electron chi connectivity index (χ0n) is 10.0. The molecule has 4 nitrogen and oxygen atoms in total. The number of aromatic nitrogens is 2. The molecule has 0 aliphatic rings. The van der Waals surface area contributed by atoms with E-state index >= 15 is 0 Å². The third-order valence-electron chi connectivity index (χ3n) is 2.65. The zero-order valence-corrected chi connectivity index (χ0v) is 10.0. The molecular formula is C13H15N3O. The lowest BCUT2D eigenvalue weighted by Crippen LogP contribution is -2.07. The Balaban J connectivity index is 2.23. The van der Waals surface area contributed by atoms with Gasteiger partial charge in [-0.3, -0.25) is 0 Å². The van der Waals surface area contributed by atoms with Crippen molar-refractivity contribution in [3.63, 3.8) is 0 Å². The topological polar surface area (TPSA) is 61.7 Å². The number of ether oxygens (including phenoxy) is 1. The fraction of sp³-hybridized carbons (Fsp3) is 0.385. The second kappa shape index (κ2) is 4.98. The first-order chi connectivity index (χ1) is 8.22. The molecule has 1 atom stereocenters. The number of imidazole rings is 1. The summed E-state index contributed by atoms with van der Waals surface area (Å²) in [4.78, 5) is 7.73. The molecule has 4 heteroatoms. The molecule has 0 saturated carbocycles. The van der Waals surface area contributed by atoms with Gasteiger partial charge in [0.2, 0.25) is 0 Å². The van der Waals surface area contributed by atoms with Crippen LogP contribution in [0.2, 0.25) is 0 Å². The van der Waals surface area contributed by atoms with Crippen LogP contribution in [0.4, 0.5) is 0 Å². The van der Waals surface area contributed by atoms with Gasteiger partial charge in [-0.25, -0.2) is 4.98 Å². The third kappa shape index (κ3) is 2.63. The number of H-pyrrole nitrogens is 1. The summed E-state index contributed by atoms with van der Waals surface area (Å²) in [6.07, 6.45) is 0.852. The van der Waals surface area contributed by atoms with E-state index in [0.717, 1.165) is 29.9 Å². The van der Waals surface area contributed by atoms with Gasteiger partial charge in [0.15, 0.2) is 0 Å². The largest absolute Gasteiger partial charge is 0.384 e. The van der Waals surface area contributed by atoms with Crippen molar-refractivity contribution in [2.75, 3.05) is 13.7 Å². The van der Waals surface area contributed by atoms with Gasteiger partial charge in [-0.2, -0.15) is 5.26 Å². The second-order valence-electron chi connectivity index (χ2n) is 4.29. The summed E-state index contributed by atoms with van der Waals surface area (Å²) in [6, 6.07) is 7.60. The molecule has 0 aliphatic carbocycles. The molecule has 88 valence electrons. The number of fused-ring (bicyclic) bond motifs is 1. The Hall–Kier alpha value is -1.86. The number of hydrogen-bond acceptors (Lipinski definition) is 3. The number of nitrogens with one attached hydrogen (secondary N) is 1. The maximum Gasteiger partial charge on any atom is 0.107 e. The molecule has 1 unspecified atom stereocenters. The van der Waals surface area contributed by atoms with Crippen LogP contribution < -0.4 is 0 Å². The molecule has 0 aliphatic heterocycles. The molecule has 0 spiro atoms. The van der Waals surface area contributed by atoms with Gasteiger partial charge in [-0.15, -0.1) is 0 Å². The summed E-state index contributed by atoms with van der Waals surface area (Å²) < 4.78 is 5.10. The van der Waals surface area contributed by atoms with Gasteiger partial charge in [-0.1, -0.05) is 6.92 Å². The lowest BCUT2D eigenvalue weighted by atomic mass is 10.1. The third-order valence-corrected chi connectivity index (χ3v) is 2.65. The summed E-state index contributed by atoms with van der Waals surface area (Å²) >= 11 is 0. The van der Waals surface area contributed by atoms with Crippen molar-refractivity contribution in [3.8, 4) is 6.07 Å². The Labute approximate surface area is 100 Å². The average molecular weight is 229 g/mol. The van der Waals surface area contributed by atoms with Crippen molar-refractivity contribution in [1.29, 1.82) is 5.26 Å². The minimum absolute atomic E-state index is 0.427. The summed E-state index contributed by atoms with van der Waals surface area (Å²) in [5.41, 5.74) is 2.48. The van der Waals surface area contributed by atoms with Crippen LogP contribution in [0.1, 0.15) is 18.3 Å². The Kier molecular flexibility index (Phi) is 3.40. The molecular weight excluding hydrogens is 214 g/mol. The number of benzene rings is 1. The highest BCUT2D eigenvalue weighted by molar-refractivity contribution is 5.76. The number of hydrogen-bond donors (Lipinski definition) is 1. The lowest BCUT2D eigenvalue weighted by Gasteiger charge is -2.06. The highest BCUT2D eigenvalue weighted by Crippen LogP contribution is 2.15. The average Bonchev–Trinajstić information content (AvgIpc) is 2.69. The molecule has 1 N–H and O–H groups in total. The van der Waals surface area contributed by atoms with Crippen molar-refractivity contribution in [2.24, 2.45) is 5.92 Å². The van der Waals surface area contributed by atoms with Crippen molar-refractivity contribution in [3.05, 3.63) is 29.6 Å². The van der Waals surface area contributed by atoms with E-state index in [2.05, 4.69) is 23.0 Å². The van der Waals surface area contributed by atoms with Crippen LogP contribution in [-0.2, 0) is 11.2 Å². The highest BCUT2D eigenvalue weighted by Gasteiger charge is 2.08. The van der Waals surface area contributed by atoms with Gasteiger partial charge < -0.3 is 9.72 Å². The maximum atomic E-state index is 8.82. The second-order valence-corrected chi connectivity index (χ2v) is 4.29. The van der Waals surface area contributed by atoms with E-state index < -0.39 is 0 Å². The molecule has 1 aromatic carbocycles. The van der Waals surface area contributed by atoms with Crippen LogP contribution in [0.3, 0.4) is 0 Å². The van der Waals surface area contributed by atoms with Gasteiger partial charge >= 0.3 is 0 Å². The molecule has 1 aromatic heterocycles. The summed E-state index contributed by atoms with van der Waals surface area (Å²) in [7, 11) is 1.70. The van der Waals surface area contributed by atoms with Crippen LogP contribution in [0, 0.1) is 17.2 Å². The SMILES string of the molecule is COCC(C)Cc1nc2ccc(C#N)cc2[nH]1. The standard InChI is InChI=1S/C13H15N3O/c1-9(8-17-2)5-13-15-11-4-3-10(7-14)6-12(11)16-13/h3-4,6,9H,5,8H2,1-2H3,(H,15,16). The first kappa shape index (κ1) is 11.6. The van der Waals surface area contributed by atoms with Crippen molar-refractivity contribution >= 4 is 11.0 Å². The van der Waals surface area contributed by atoms with Gasteiger partial charge in [0.1, 0.15) is 5.82 Å². The quantitative estimate of drug-likeness (QED) is 0.874. The lowest BCUT2D eigenvalue weighted by molar-refractivity contribution is 0.159. The van der Waals surface area contributed by atoms with E-state index in [1.165, 1.54) is 0 Å². The van der Waals surface area contributed by atoms with Crippen molar-refractivity contribution in [1.82, 2.24) is 9.97 Å². The van der Waals surface area contributed by atoms with Gasteiger partial charge in [-0.05, 0) is 24.1 Å². The summed E-state index contributed by atoms with van der Waals surface area (Å²) in [5, 5.41) is 8.82. The minimum atomic E-state index is 0.427. The molecule has 0 amide bonds. The molecule has 0 bridgehead atoms. The zero-order chi connectivity index (χ0) is 12.3. The maximum absolute atomic E-state index is 8.82. The molecule has 0 saturated heterocycles. The van der Waals surface area contributed by atoms with E-state index in [1.807, 2.05) is 12.1 Å². The Morgan fingerprint density at radius 3 is 3.06 bits per heavy atom. The number of rotatable bonds is 4. The predicted octanol–water partition coefficient (Wildman–Crippen LogP) is 2.26. The Bertz CT molecular complexity index is 553. The first-order valence-corrected chi connectivity index (χ1v) is 5.60. The van der Waals surface area contributed by atoms with E-state index in [4.69, 9.17) is 10.00 Å². The molecule has 1 heterocycles. The van der Waals surface area contributed by atoms with Gasteiger partial charge in [0, 0.05) is 20.1 Å². The van der Waals surface area contributed by atoms with Crippen LogP contribution in [0.5, 0.6) is 0 Å². The van der Waals surface area contributed by atoms with Crippen molar-refractivity contribution in [2.45, 2.75) is 13.3 Å². The van der Waals surface area contributed by atoms with E-state index in [0.29, 0.717) is 11.5 Å². The smallest absolute Gasteiger partial charge is 0.107 e. The molecule has 0 fully saturated rings. The van der Waals surface area contributed by atoms with Crippen LogP contribution in [0.15, 0.2) is 18.2 Å². The molecule has 2 aromatic rings. The van der Waals surface area contributed by atoms with Crippen LogP contribution in [-0.4, -0.2) is 23.7 Å².